The first-order valence-corrected chi connectivity index (χ1v) is 8.48. The van der Waals surface area contributed by atoms with Crippen molar-refractivity contribution in [2.75, 3.05) is 20.3 Å². The maximum Gasteiger partial charge on any atom is 0.243 e. The molecule has 1 aromatic rings. The molecule has 0 saturated heterocycles. The Morgan fingerprint density at radius 1 is 1.38 bits per heavy atom. The first-order valence-electron chi connectivity index (χ1n) is 6.66. The van der Waals surface area contributed by atoms with Crippen LogP contribution in [0.4, 0.5) is 0 Å². The molecule has 0 fully saturated rings. The van der Waals surface area contributed by atoms with Gasteiger partial charge in [0.2, 0.25) is 10.0 Å². The van der Waals surface area contributed by atoms with Crippen molar-refractivity contribution in [3.05, 3.63) is 28.3 Å². The number of methoxy groups -OCH3 is 1. The molecule has 0 radical (unpaired) electrons. The van der Waals surface area contributed by atoms with Crippen LogP contribution in [0.25, 0.3) is 0 Å². The number of halogens is 1. The molecule has 0 spiro atoms. The summed E-state index contributed by atoms with van der Waals surface area (Å²) in [6, 6.07) is 2.79. The third kappa shape index (κ3) is 4.17. The lowest BCUT2D eigenvalue weighted by molar-refractivity contribution is 0.171. The van der Waals surface area contributed by atoms with Gasteiger partial charge in [0.05, 0.1) is 18.1 Å². The number of nitrogens with zero attached hydrogens (tertiary/aromatic N) is 1. The molecule has 1 aromatic carbocycles. The summed E-state index contributed by atoms with van der Waals surface area (Å²) in [5, 5.41) is 9.63. The van der Waals surface area contributed by atoms with E-state index < -0.39 is 10.0 Å². The number of hydrogen-bond donors (Lipinski definition) is 1. The quantitative estimate of drug-likeness (QED) is 0.829. The van der Waals surface area contributed by atoms with Crippen LogP contribution in [0, 0.1) is 6.92 Å². The van der Waals surface area contributed by atoms with Gasteiger partial charge in [-0.15, -0.1) is 0 Å². The molecule has 120 valence electrons. The molecule has 0 amide bonds. The number of sulfonamides is 1. The number of aliphatic hydroxyl groups excluding tert-OH is 1. The standard InChI is InChI=1S/C14H22ClNO4S/c1-10(2)16(5-6-20-4)21(18,19)14-8-13(15)7-12(9-17)11(14)3/h7-8,10,17H,5-6,9H2,1-4H3. The topological polar surface area (TPSA) is 66.8 Å². The highest BCUT2D eigenvalue weighted by molar-refractivity contribution is 7.89. The maximum atomic E-state index is 12.9. The molecule has 0 saturated carbocycles. The fourth-order valence-corrected chi connectivity index (χ4v) is 4.33. The summed E-state index contributed by atoms with van der Waals surface area (Å²) >= 11 is 5.98. The highest BCUT2D eigenvalue weighted by Gasteiger charge is 2.29. The molecule has 21 heavy (non-hydrogen) atoms. The van der Waals surface area contributed by atoms with Crippen LogP contribution in [0.2, 0.25) is 5.02 Å². The van der Waals surface area contributed by atoms with Crippen LogP contribution in [0.15, 0.2) is 17.0 Å². The van der Waals surface area contributed by atoms with E-state index in [9.17, 15) is 13.5 Å². The minimum Gasteiger partial charge on any atom is -0.392 e. The van der Waals surface area contributed by atoms with Crippen molar-refractivity contribution < 1.29 is 18.3 Å². The summed E-state index contributed by atoms with van der Waals surface area (Å²) in [7, 11) is -2.17. The van der Waals surface area contributed by atoms with Crippen LogP contribution in [0.1, 0.15) is 25.0 Å². The van der Waals surface area contributed by atoms with Gasteiger partial charge in [0.1, 0.15) is 0 Å². The molecule has 0 bridgehead atoms. The second kappa shape index (κ2) is 7.56. The molecule has 0 unspecified atom stereocenters. The number of ether oxygens (including phenoxy) is 1. The van der Waals surface area contributed by atoms with E-state index in [0.717, 1.165) is 0 Å². The summed E-state index contributed by atoms with van der Waals surface area (Å²) in [6.45, 7) is 5.60. The zero-order chi connectivity index (χ0) is 16.2. The highest BCUT2D eigenvalue weighted by Crippen LogP contribution is 2.28. The van der Waals surface area contributed by atoms with E-state index in [1.807, 2.05) is 0 Å². The lowest BCUT2D eigenvalue weighted by Gasteiger charge is -2.27. The molecule has 5 nitrogen and oxygen atoms in total. The second-order valence-electron chi connectivity index (χ2n) is 5.05. The molecular weight excluding hydrogens is 314 g/mol. The number of rotatable bonds is 7. The summed E-state index contributed by atoms with van der Waals surface area (Å²) < 4.78 is 32.1. The van der Waals surface area contributed by atoms with E-state index in [1.54, 1.807) is 26.8 Å². The molecule has 1 N–H and O–H groups in total. The fourth-order valence-electron chi connectivity index (χ4n) is 2.10. The Balaban J connectivity index is 3.37. The van der Waals surface area contributed by atoms with Crippen molar-refractivity contribution in [3.63, 3.8) is 0 Å². The van der Waals surface area contributed by atoms with Crippen molar-refractivity contribution in [2.45, 2.75) is 38.3 Å². The summed E-state index contributed by atoms with van der Waals surface area (Å²) in [5.41, 5.74) is 1.03. The molecule has 7 heteroatoms. The average Bonchev–Trinajstić information content (AvgIpc) is 2.40. The Kier molecular flexibility index (Phi) is 6.62. The van der Waals surface area contributed by atoms with E-state index in [-0.39, 0.29) is 24.1 Å². The molecule has 1 rings (SSSR count). The van der Waals surface area contributed by atoms with Crippen molar-refractivity contribution in [2.24, 2.45) is 0 Å². The Morgan fingerprint density at radius 2 is 2.00 bits per heavy atom. The minimum atomic E-state index is -3.70. The molecule has 0 aliphatic heterocycles. The summed E-state index contributed by atoms with van der Waals surface area (Å²) in [6.07, 6.45) is 0. The predicted octanol–water partition coefficient (Wildman–Crippen LogP) is 2.19. The highest BCUT2D eigenvalue weighted by atomic mass is 35.5. The zero-order valence-electron chi connectivity index (χ0n) is 12.8. The van der Waals surface area contributed by atoms with E-state index in [0.29, 0.717) is 22.8 Å². The lowest BCUT2D eigenvalue weighted by atomic mass is 10.1. The van der Waals surface area contributed by atoms with Gasteiger partial charge in [0.15, 0.2) is 0 Å². The van der Waals surface area contributed by atoms with E-state index in [1.165, 1.54) is 17.5 Å². The number of aliphatic hydroxyl groups is 1. The lowest BCUT2D eigenvalue weighted by Crippen LogP contribution is -2.39. The molecule has 0 atom stereocenters. The van der Waals surface area contributed by atoms with Crippen molar-refractivity contribution in [1.82, 2.24) is 4.31 Å². The SMILES string of the molecule is COCCN(C(C)C)S(=O)(=O)c1cc(Cl)cc(CO)c1C. The minimum absolute atomic E-state index is 0.129. The first-order chi connectivity index (χ1) is 9.75. The maximum absolute atomic E-state index is 12.9. The Morgan fingerprint density at radius 3 is 2.48 bits per heavy atom. The van der Waals surface area contributed by atoms with Crippen molar-refractivity contribution in [3.8, 4) is 0 Å². The van der Waals surface area contributed by atoms with E-state index in [4.69, 9.17) is 16.3 Å². The van der Waals surface area contributed by atoms with Crippen molar-refractivity contribution >= 4 is 21.6 Å². The number of benzene rings is 1. The van der Waals surface area contributed by atoms with Crippen molar-refractivity contribution in [1.29, 1.82) is 0 Å². The molecule has 0 aliphatic rings. The third-order valence-electron chi connectivity index (χ3n) is 3.28. The van der Waals surface area contributed by atoms with Crippen LogP contribution >= 0.6 is 11.6 Å². The smallest absolute Gasteiger partial charge is 0.243 e. The van der Waals surface area contributed by atoms with Gasteiger partial charge in [0, 0.05) is 24.7 Å². The second-order valence-corrected chi connectivity index (χ2v) is 7.34. The van der Waals surface area contributed by atoms with Crippen LogP contribution in [0.3, 0.4) is 0 Å². The van der Waals surface area contributed by atoms with Gasteiger partial charge in [-0.2, -0.15) is 4.31 Å². The first kappa shape index (κ1) is 18.4. The van der Waals surface area contributed by atoms with Crippen LogP contribution in [-0.4, -0.2) is 44.1 Å². The van der Waals surface area contributed by atoms with Crippen LogP contribution in [-0.2, 0) is 21.4 Å². The summed E-state index contributed by atoms with van der Waals surface area (Å²) in [5.74, 6) is 0. The third-order valence-corrected chi connectivity index (χ3v) is 5.70. The van der Waals surface area contributed by atoms with Crippen LogP contribution < -0.4 is 0 Å². The fraction of sp³-hybridized carbons (Fsp3) is 0.571. The Bertz CT molecular complexity index is 587. The molecule has 0 heterocycles. The molecule has 0 aromatic heterocycles. The Labute approximate surface area is 131 Å². The monoisotopic (exact) mass is 335 g/mol. The largest absolute Gasteiger partial charge is 0.392 e. The van der Waals surface area contributed by atoms with Crippen LogP contribution in [0.5, 0.6) is 0 Å². The van der Waals surface area contributed by atoms with Gasteiger partial charge < -0.3 is 9.84 Å². The van der Waals surface area contributed by atoms with Gasteiger partial charge in [-0.25, -0.2) is 8.42 Å². The normalized spacial score (nSPS) is 12.4. The molecule has 0 aliphatic carbocycles. The van der Waals surface area contributed by atoms with E-state index in [2.05, 4.69) is 0 Å². The summed E-state index contributed by atoms with van der Waals surface area (Å²) in [4.78, 5) is 0.129. The zero-order valence-corrected chi connectivity index (χ0v) is 14.3. The van der Waals surface area contributed by atoms with Gasteiger partial charge >= 0.3 is 0 Å². The average molecular weight is 336 g/mol. The number of hydrogen-bond acceptors (Lipinski definition) is 4. The van der Waals surface area contributed by atoms with E-state index >= 15 is 0 Å². The van der Waals surface area contributed by atoms with Gasteiger partial charge in [-0.3, -0.25) is 0 Å². The Hall–Kier alpha value is -0.660. The van der Waals surface area contributed by atoms with Gasteiger partial charge in [0.25, 0.3) is 0 Å². The van der Waals surface area contributed by atoms with Gasteiger partial charge in [-0.05, 0) is 44.0 Å². The molecular formula is C14H22ClNO4S. The van der Waals surface area contributed by atoms with Gasteiger partial charge in [-0.1, -0.05) is 11.6 Å². The predicted molar refractivity (Wildman–Crippen MR) is 83.0 cm³/mol.